The van der Waals surface area contributed by atoms with Crippen LogP contribution in [0.5, 0.6) is 5.75 Å². The monoisotopic (exact) mass is 224 g/mol. The molecule has 0 aliphatic heterocycles. The summed E-state index contributed by atoms with van der Waals surface area (Å²) in [7, 11) is 1.54. The van der Waals surface area contributed by atoms with Crippen LogP contribution in [0.2, 0.25) is 0 Å². The van der Waals surface area contributed by atoms with Gasteiger partial charge < -0.3 is 4.74 Å². The van der Waals surface area contributed by atoms with Gasteiger partial charge in [0, 0.05) is 6.07 Å². The topological polar surface area (TPSA) is 65.3 Å². The van der Waals surface area contributed by atoms with Gasteiger partial charge in [0.15, 0.2) is 5.52 Å². The fraction of sp³-hybridized carbons (Fsp3) is 0.222. The zero-order valence-corrected chi connectivity index (χ0v) is 9.00. The van der Waals surface area contributed by atoms with Crippen LogP contribution in [0.4, 0.5) is 5.69 Å². The fourth-order valence-corrected chi connectivity index (χ4v) is 2.32. The molecule has 0 saturated heterocycles. The Balaban J connectivity index is 2.82. The van der Waals surface area contributed by atoms with Gasteiger partial charge in [-0.05, 0) is 13.0 Å². The van der Waals surface area contributed by atoms with Gasteiger partial charge in [0.2, 0.25) is 0 Å². The van der Waals surface area contributed by atoms with Crippen molar-refractivity contribution in [3.05, 3.63) is 27.3 Å². The molecule has 78 valence electrons. The van der Waals surface area contributed by atoms with Gasteiger partial charge in [0.1, 0.15) is 10.4 Å². The van der Waals surface area contributed by atoms with Crippen molar-refractivity contribution >= 4 is 27.2 Å². The second-order valence-corrected chi connectivity index (χ2v) is 4.16. The zero-order chi connectivity index (χ0) is 11.0. The summed E-state index contributed by atoms with van der Waals surface area (Å²) in [6.07, 6.45) is 0. The number of aromatic nitrogens is 1. The Morgan fingerprint density at radius 1 is 1.53 bits per heavy atom. The van der Waals surface area contributed by atoms with E-state index in [1.165, 1.54) is 24.5 Å². The summed E-state index contributed by atoms with van der Waals surface area (Å²) in [6, 6.07) is 3.01. The van der Waals surface area contributed by atoms with Crippen molar-refractivity contribution in [2.75, 3.05) is 7.11 Å². The maximum atomic E-state index is 10.8. The molecule has 15 heavy (non-hydrogen) atoms. The average molecular weight is 224 g/mol. The summed E-state index contributed by atoms with van der Waals surface area (Å²) in [5.41, 5.74) is 0.428. The largest absolute Gasteiger partial charge is 0.495 e. The second kappa shape index (κ2) is 3.47. The standard InChI is InChI=1S/C9H8N2O3S/c1-5-10-8-6(11(12)13)3-4-7(14-2)9(8)15-5/h3-4H,1-2H3. The van der Waals surface area contributed by atoms with Gasteiger partial charge in [-0.3, -0.25) is 10.1 Å². The molecule has 0 saturated carbocycles. The van der Waals surface area contributed by atoms with Crippen LogP contribution >= 0.6 is 11.3 Å². The molecular weight excluding hydrogens is 216 g/mol. The van der Waals surface area contributed by atoms with Crippen molar-refractivity contribution in [2.24, 2.45) is 0 Å². The highest BCUT2D eigenvalue weighted by Crippen LogP contribution is 2.36. The van der Waals surface area contributed by atoms with Crippen LogP contribution < -0.4 is 4.74 Å². The molecule has 0 aliphatic carbocycles. The zero-order valence-electron chi connectivity index (χ0n) is 8.18. The molecule has 1 aromatic heterocycles. The number of nitrogens with zero attached hydrogens (tertiary/aromatic N) is 2. The van der Waals surface area contributed by atoms with Gasteiger partial charge in [-0.1, -0.05) is 0 Å². The number of hydrogen-bond acceptors (Lipinski definition) is 5. The fourth-order valence-electron chi connectivity index (χ4n) is 1.38. The number of hydrogen-bond donors (Lipinski definition) is 0. The highest BCUT2D eigenvalue weighted by molar-refractivity contribution is 7.19. The van der Waals surface area contributed by atoms with Crippen molar-refractivity contribution in [1.29, 1.82) is 0 Å². The Morgan fingerprint density at radius 3 is 2.87 bits per heavy atom. The molecule has 0 fully saturated rings. The van der Waals surface area contributed by atoms with Crippen molar-refractivity contribution < 1.29 is 9.66 Å². The van der Waals surface area contributed by atoms with Crippen LogP contribution in [-0.2, 0) is 0 Å². The van der Waals surface area contributed by atoms with E-state index in [0.717, 1.165) is 9.71 Å². The van der Waals surface area contributed by atoms with Crippen molar-refractivity contribution in [2.45, 2.75) is 6.92 Å². The van der Waals surface area contributed by atoms with E-state index in [4.69, 9.17) is 4.74 Å². The number of thiazole rings is 1. The van der Waals surface area contributed by atoms with Crippen molar-refractivity contribution in [3.63, 3.8) is 0 Å². The van der Waals surface area contributed by atoms with E-state index in [1.54, 1.807) is 6.07 Å². The minimum Gasteiger partial charge on any atom is -0.495 e. The lowest BCUT2D eigenvalue weighted by Gasteiger charge is -1.99. The first-order valence-electron chi connectivity index (χ1n) is 4.22. The summed E-state index contributed by atoms with van der Waals surface area (Å²) >= 11 is 1.39. The molecule has 0 bridgehead atoms. The summed E-state index contributed by atoms with van der Waals surface area (Å²) in [5.74, 6) is 0.626. The van der Waals surface area contributed by atoms with Crippen LogP contribution in [0.1, 0.15) is 5.01 Å². The lowest BCUT2D eigenvalue weighted by Crippen LogP contribution is -1.90. The van der Waals surface area contributed by atoms with Gasteiger partial charge >= 0.3 is 0 Å². The molecule has 0 N–H and O–H groups in total. The molecular formula is C9H8N2O3S. The summed E-state index contributed by atoms with van der Waals surface area (Å²) in [4.78, 5) is 14.5. The third kappa shape index (κ3) is 1.52. The maximum absolute atomic E-state index is 10.8. The molecule has 5 nitrogen and oxygen atoms in total. The van der Waals surface area contributed by atoms with Gasteiger partial charge in [-0.2, -0.15) is 0 Å². The quantitative estimate of drug-likeness (QED) is 0.580. The van der Waals surface area contributed by atoms with Crippen LogP contribution in [0.25, 0.3) is 10.2 Å². The van der Waals surface area contributed by atoms with Crippen LogP contribution in [0, 0.1) is 17.0 Å². The number of nitro groups is 1. The molecule has 0 spiro atoms. The molecule has 0 radical (unpaired) electrons. The SMILES string of the molecule is COc1ccc([N+](=O)[O-])c2nc(C)sc12. The minimum absolute atomic E-state index is 0.0233. The minimum atomic E-state index is -0.430. The number of aryl methyl sites for hydroxylation is 1. The number of non-ortho nitro benzene ring substituents is 1. The van der Waals surface area contributed by atoms with E-state index in [2.05, 4.69) is 4.98 Å². The van der Waals surface area contributed by atoms with Crippen LogP contribution in [0.15, 0.2) is 12.1 Å². The average Bonchev–Trinajstić information content (AvgIpc) is 2.56. The van der Waals surface area contributed by atoms with E-state index < -0.39 is 4.92 Å². The number of rotatable bonds is 2. The number of ether oxygens (including phenoxy) is 1. The van der Waals surface area contributed by atoms with E-state index in [1.807, 2.05) is 6.92 Å². The molecule has 0 aliphatic rings. The van der Waals surface area contributed by atoms with Crippen molar-refractivity contribution in [1.82, 2.24) is 4.98 Å². The highest BCUT2D eigenvalue weighted by Gasteiger charge is 2.18. The molecule has 6 heteroatoms. The lowest BCUT2D eigenvalue weighted by molar-refractivity contribution is -0.383. The van der Waals surface area contributed by atoms with Gasteiger partial charge in [0.05, 0.1) is 17.0 Å². The van der Waals surface area contributed by atoms with E-state index >= 15 is 0 Å². The Labute approximate surface area is 89.5 Å². The number of nitro benzene ring substituents is 1. The number of benzene rings is 1. The third-order valence-corrected chi connectivity index (χ3v) is 3.00. The van der Waals surface area contributed by atoms with Crippen LogP contribution in [-0.4, -0.2) is 17.0 Å². The van der Waals surface area contributed by atoms with E-state index in [9.17, 15) is 10.1 Å². The number of methoxy groups -OCH3 is 1. The van der Waals surface area contributed by atoms with Gasteiger partial charge in [0.25, 0.3) is 5.69 Å². The first-order chi connectivity index (χ1) is 7.13. The van der Waals surface area contributed by atoms with E-state index in [-0.39, 0.29) is 5.69 Å². The molecule has 2 rings (SSSR count). The predicted molar refractivity (Wildman–Crippen MR) is 57.6 cm³/mol. The molecule has 0 atom stereocenters. The normalized spacial score (nSPS) is 10.5. The number of fused-ring (bicyclic) bond motifs is 1. The summed E-state index contributed by atoms with van der Waals surface area (Å²) < 4.78 is 5.85. The summed E-state index contributed by atoms with van der Waals surface area (Å²) in [5, 5.41) is 11.5. The predicted octanol–water partition coefficient (Wildman–Crippen LogP) is 2.52. The smallest absolute Gasteiger partial charge is 0.296 e. The first-order valence-corrected chi connectivity index (χ1v) is 5.03. The molecule has 1 heterocycles. The van der Waals surface area contributed by atoms with Gasteiger partial charge in [-0.15, -0.1) is 11.3 Å². The summed E-state index contributed by atoms with van der Waals surface area (Å²) in [6.45, 7) is 1.81. The van der Waals surface area contributed by atoms with E-state index in [0.29, 0.717) is 11.3 Å². The lowest BCUT2D eigenvalue weighted by atomic mass is 10.3. The Morgan fingerprint density at radius 2 is 2.27 bits per heavy atom. The second-order valence-electron chi connectivity index (χ2n) is 2.95. The van der Waals surface area contributed by atoms with Gasteiger partial charge in [-0.25, -0.2) is 4.98 Å². The highest BCUT2D eigenvalue weighted by atomic mass is 32.1. The third-order valence-electron chi connectivity index (χ3n) is 2.01. The Kier molecular flexibility index (Phi) is 2.28. The first kappa shape index (κ1) is 9.85. The molecule has 1 aromatic carbocycles. The van der Waals surface area contributed by atoms with Crippen LogP contribution in [0.3, 0.4) is 0 Å². The molecule has 0 amide bonds. The Hall–Kier alpha value is -1.69. The van der Waals surface area contributed by atoms with Crippen molar-refractivity contribution in [3.8, 4) is 5.75 Å². The maximum Gasteiger partial charge on any atom is 0.296 e. The Bertz CT molecular complexity index is 535. The molecule has 2 aromatic rings. The molecule has 0 unspecified atom stereocenters.